The lowest BCUT2D eigenvalue weighted by atomic mass is 10.2. The zero-order valence-electron chi connectivity index (χ0n) is 19.0. The maximum absolute atomic E-state index is 13.2. The van der Waals surface area contributed by atoms with Crippen molar-refractivity contribution in [3.8, 4) is 0 Å². The van der Waals surface area contributed by atoms with Crippen molar-refractivity contribution >= 4 is 18.2 Å². The lowest BCUT2D eigenvalue weighted by Crippen LogP contribution is -2.46. The number of carbonyl (C=O) groups is 3. The number of nitrogens with zero attached hydrogens (tertiary/aromatic N) is 2. The first-order valence-corrected chi connectivity index (χ1v) is 10.2. The number of carbonyl (C=O) groups excluding carboxylic acids is 2. The van der Waals surface area contributed by atoms with Crippen molar-refractivity contribution in [3.05, 3.63) is 0 Å². The van der Waals surface area contributed by atoms with Crippen LogP contribution in [0.15, 0.2) is 0 Å². The zero-order chi connectivity index (χ0) is 24.1. The lowest BCUT2D eigenvalue weighted by Gasteiger charge is -2.27. The van der Waals surface area contributed by atoms with E-state index in [0.29, 0.717) is 6.54 Å². The molecule has 2 heterocycles. The van der Waals surface area contributed by atoms with E-state index in [1.54, 1.807) is 41.5 Å². The van der Waals surface area contributed by atoms with E-state index in [1.807, 2.05) is 0 Å². The first kappa shape index (κ1) is 26.9. The zero-order valence-corrected chi connectivity index (χ0v) is 19.0. The van der Waals surface area contributed by atoms with E-state index in [0.717, 1.165) is 4.90 Å². The van der Waals surface area contributed by atoms with Gasteiger partial charge < -0.3 is 24.8 Å². The molecule has 0 unspecified atom stereocenters. The van der Waals surface area contributed by atoms with Crippen molar-refractivity contribution in [1.29, 1.82) is 0 Å². The largest absolute Gasteiger partial charge is 0.480 e. The Hall–Kier alpha value is -2.14. The number of carboxylic acids is 1. The molecule has 0 aromatic carbocycles. The molecule has 0 aliphatic carbocycles. The van der Waals surface area contributed by atoms with Gasteiger partial charge in [0.25, 0.3) is 0 Å². The van der Waals surface area contributed by atoms with Gasteiger partial charge >= 0.3 is 18.2 Å². The summed E-state index contributed by atoms with van der Waals surface area (Å²) in [5.41, 5.74) is -1.26. The van der Waals surface area contributed by atoms with Crippen LogP contribution in [0.4, 0.5) is 14.0 Å². The molecular formula is C20H35FN2O8. The Morgan fingerprint density at radius 3 is 1.81 bits per heavy atom. The molecule has 0 aromatic heterocycles. The standard InChI is InChI=1S/C10H18FNO3.C10H17NO5/c1-10(2,3)15-9(14)12-5-4-7(11)8(12)6-13;1-10(2,3)16-9(15)11-5-4-6(12)7(11)8(13)14/h7-8,13H,4-6H2,1-3H3;6-7,12H,4-5H2,1-3H3,(H,13,14)/t7-,8-;6-,7-/m01/s1. The molecule has 2 saturated heterocycles. The smallest absolute Gasteiger partial charge is 0.411 e. The van der Waals surface area contributed by atoms with E-state index in [2.05, 4.69) is 0 Å². The van der Waals surface area contributed by atoms with Crippen LogP contribution in [0.25, 0.3) is 0 Å². The Bertz CT molecular complexity index is 646. The number of likely N-dealkylation sites (tertiary alicyclic amines) is 2. The van der Waals surface area contributed by atoms with Crippen molar-refractivity contribution in [2.75, 3.05) is 19.7 Å². The number of carboxylic acid groups (broad SMARTS) is 1. The highest BCUT2D eigenvalue weighted by molar-refractivity contribution is 5.81. The Morgan fingerprint density at radius 2 is 1.39 bits per heavy atom. The molecule has 2 amide bonds. The molecule has 0 spiro atoms. The van der Waals surface area contributed by atoms with Crippen molar-refractivity contribution < 1.29 is 43.6 Å². The van der Waals surface area contributed by atoms with Gasteiger partial charge in [0.05, 0.1) is 18.8 Å². The summed E-state index contributed by atoms with van der Waals surface area (Å²) in [6.07, 6.45) is -2.90. The monoisotopic (exact) mass is 450 g/mol. The summed E-state index contributed by atoms with van der Waals surface area (Å²) in [5.74, 6) is -1.21. The number of hydrogen-bond donors (Lipinski definition) is 3. The Morgan fingerprint density at radius 1 is 0.935 bits per heavy atom. The summed E-state index contributed by atoms with van der Waals surface area (Å²) in [7, 11) is 0. The highest BCUT2D eigenvalue weighted by Gasteiger charge is 2.43. The summed E-state index contributed by atoms with van der Waals surface area (Å²) < 4.78 is 23.4. The minimum Gasteiger partial charge on any atom is -0.480 e. The number of aliphatic hydroxyl groups is 2. The number of aliphatic hydroxyl groups excluding tert-OH is 2. The molecule has 180 valence electrons. The maximum atomic E-state index is 13.2. The average Bonchev–Trinajstić information content (AvgIpc) is 3.15. The normalized spacial score (nSPS) is 26.2. The van der Waals surface area contributed by atoms with Crippen molar-refractivity contribution in [2.24, 2.45) is 0 Å². The van der Waals surface area contributed by atoms with E-state index in [1.165, 1.54) is 4.90 Å². The molecule has 2 rings (SSSR count). The first-order valence-electron chi connectivity index (χ1n) is 10.2. The van der Waals surface area contributed by atoms with Gasteiger partial charge in [0.1, 0.15) is 17.4 Å². The molecular weight excluding hydrogens is 415 g/mol. The van der Waals surface area contributed by atoms with Crippen molar-refractivity contribution in [2.45, 2.75) is 89.9 Å². The van der Waals surface area contributed by atoms with Gasteiger partial charge in [-0.25, -0.2) is 18.8 Å². The number of ether oxygens (including phenoxy) is 2. The van der Waals surface area contributed by atoms with Gasteiger partial charge in [0.15, 0.2) is 6.04 Å². The molecule has 2 fully saturated rings. The molecule has 2 aliphatic heterocycles. The molecule has 3 N–H and O–H groups in total. The van der Waals surface area contributed by atoms with Gasteiger partial charge in [-0.3, -0.25) is 9.80 Å². The number of amides is 2. The molecule has 31 heavy (non-hydrogen) atoms. The summed E-state index contributed by atoms with van der Waals surface area (Å²) in [4.78, 5) is 36.4. The number of aliphatic carboxylic acids is 1. The number of rotatable bonds is 2. The van der Waals surface area contributed by atoms with Gasteiger partial charge in [-0.1, -0.05) is 0 Å². The molecule has 0 bridgehead atoms. The van der Waals surface area contributed by atoms with Gasteiger partial charge in [-0.15, -0.1) is 0 Å². The molecule has 10 nitrogen and oxygen atoms in total. The Kier molecular flexibility index (Phi) is 9.06. The van der Waals surface area contributed by atoms with Crippen LogP contribution < -0.4 is 0 Å². The summed E-state index contributed by atoms with van der Waals surface area (Å²) in [6.45, 7) is 10.5. The Balaban J connectivity index is 0.000000311. The van der Waals surface area contributed by atoms with E-state index in [-0.39, 0.29) is 26.0 Å². The summed E-state index contributed by atoms with van der Waals surface area (Å²) in [6, 6.07) is -1.95. The number of hydrogen-bond acceptors (Lipinski definition) is 7. The van der Waals surface area contributed by atoms with Crippen LogP contribution in [0.5, 0.6) is 0 Å². The minimum absolute atomic E-state index is 0.201. The third kappa shape index (κ3) is 8.13. The molecule has 2 aliphatic rings. The third-order valence-corrected chi connectivity index (χ3v) is 4.53. The first-order chi connectivity index (χ1) is 14.1. The summed E-state index contributed by atoms with van der Waals surface area (Å²) >= 11 is 0. The SMILES string of the molecule is CC(C)(C)OC(=O)N1CC[C@@H](O)[C@@H]1C(=O)O.CC(C)(C)OC(=O)N1CC[C@H](F)[C@@H]1CO. The predicted octanol–water partition coefficient (Wildman–Crippen LogP) is 1.77. The van der Waals surface area contributed by atoms with Gasteiger partial charge in [-0.2, -0.15) is 0 Å². The van der Waals surface area contributed by atoms with Gasteiger partial charge in [0.2, 0.25) is 0 Å². The maximum Gasteiger partial charge on any atom is 0.411 e. The number of halogens is 1. The quantitative estimate of drug-likeness (QED) is 0.579. The Labute approximate surface area is 181 Å². The van der Waals surface area contributed by atoms with Crippen LogP contribution in [0.1, 0.15) is 54.4 Å². The van der Waals surface area contributed by atoms with Crippen molar-refractivity contribution in [1.82, 2.24) is 9.80 Å². The molecule has 11 heteroatoms. The van der Waals surface area contributed by atoms with Crippen LogP contribution in [0, 0.1) is 0 Å². The summed E-state index contributed by atoms with van der Waals surface area (Å²) in [5, 5.41) is 27.3. The second-order valence-corrected chi connectivity index (χ2v) is 9.54. The fourth-order valence-electron chi connectivity index (χ4n) is 3.18. The minimum atomic E-state index is -1.21. The highest BCUT2D eigenvalue weighted by atomic mass is 19.1. The highest BCUT2D eigenvalue weighted by Crippen LogP contribution is 2.23. The predicted molar refractivity (Wildman–Crippen MR) is 108 cm³/mol. The molecule has 0 saturated carbocycles. The van der Waals surface area contributed by atoms with E-state index in [4.69, 9.17) is 19.7 Å². The van der Waals surface area contributed by atoms with Crippen LogP contribution in [-0.2, 0) is 14.3 Å². The topological polar surface area (TPSA) is 137 Å². The average molecular weight is 451 g/mol. The van der Waals surface area contributed by atoms with Crippen LogP contribution in [0.3, 0.4) is 0 Å². The third-order valence-electron chi connectivity index (χ3n) is 4.53. The molecule has 0 aromatic rings. The van der Waals surface area contributed by atoms with Crippen LogP contribution in [-0.4, -0.2) is 98.5 Å². The van der Waals surface area contributed by atoms with Gasteiger partial charge in [0, 0.05) is 13.1 Å². The van der Waals surface area contributed by atoms with E-state index in [9.17, 15) is 23.9 Å². The van der Waals surface area contributed by atoms with Crippen LogP contribution >= 0.6 is 0 Å². The fraction of sp³-hybridized carbons (Fsp3) is 0.850. The van der Waals surface area contributed by atoms with E-state index < -0.39 is 53.7 Å². The van der Waals surface area contributed by atoms with Crippen molar-refractivity contribution in [3.63, 3.8) is 0 Å². The fourth-order valence-corrected chi connectivity index (χ4v) is 3.18. The van der Waals surface area contributed by atoms with Gasteiger partial charge in [-0.05, 0) is 54.4 Å². The lowest BCUT2D eigenvalue weighted by molar-refractivity contribution is -0.144. The molecule has 4 atom stereocenters. The second kappa shape index (κ2) is 10.4. The van der Waals surface area contributed by atoms with Crippen LogP contribution in [0.2, 0.25) is 0 Å². The second-order valence-electron chi connectivity index (χ2n) is 9.54. The number of alkyl halides is 1. The van der Waals surface area contributed by atoms with E-state index >= 15 is 0 Å². The molecule has 0 radical (unpaired) electrons.